The Morgan fingerprint density at radius 3 is 2.86 bits per heavy atom. The highest BCUT2D eigenvalue weighted by Crippen LogP contribution is 2.15. The molecular formula is C17H25N3S. The molecule has 0 spiro atoms. The van der Waals surface area contributed by atoms with Crippen LogP contribution >= 0.6 is 11.3 Å². The molecule has 2 aromatic heterocycles. The maximum absolute atomic E-state index is 4.68. The number of nitrogens with zero attached hydrogens (tertiary/aromatic N) is 2. The van der Waals surface area contributed by atoms with Crippen molar-refractivity contribution in [3.63, 3.8) is 0 Å². The standard InChI is InChI=1S/C17H25N3S/c1-4-10-18-17-9-5-7-15(19-17)13-20(3)14(2)12-16-8-6-11-21-16/h5-9,11,14H,4,10,12-13H2,1-3H3,(H,18,19). The van der Waals surface area contributed by atoms with Crippen molar-refractivity contribution in [2.45, 2.75) is 39.3 Å². The first kappa shape index (κ1) is 16.0. The summed E-state index contributed by atoms with van der Waals surface area (Å²) < 4.78 is 0. The SMILES string of the molecule is CCCNc1cccc(CN(C)C(C)Cc2cccs2)n1. The van der Waals surface area contributed by atoms with Gasteiger partial charge in [0.2, 0.25) is 0 Å². The van der Waals surface area contributed by atoms with Crippen molar-refractivity contribution >= 4 is 17.2 Å². The van der Waals surface area contributed by atoms with Crippen LogP contribution in [0.3, 0.4) is 0 Å². The molecule has 0 aromatic carbocycles. The molecular weight excluding hydrogens is 278 g/mol. The van der Waals surface area contributed by atoms with E-state index in [1.54, 1.807) is 0 Å². The van der Waals surface area contributed by atoms with Crippen LogP contribution in [0.25, 0.3) is 0 Å². The molecule has 0 fully saturated rings. The van der Waals surface area contributed by atoms with Crippen LogP contribution in [0.4, 0.5) is 5.82 Å². The van der Waals surface area contributed by atoms with E-state index in [1.807, 2.05) is 17.4 Å². The molecule has 0 saturated carbocycles. The normalized spacial score (nSPS) is 12.6. The lowest BCUT2D eigenvalue weighted by Gasteiger charge is -2.24. The summed E-state index contributed by atoms with van der Waals surface area (Å²) in [5.74, 6) is 0.980. The molecule has 114 valence electrons. The van der Waals surface area contributed by atoms with Crippen molar-refractivity contribution < 1.29 is 0 Å². The number of anilines is 1. The number of aromatic nitrogens is 1. The van der Waals surface area contributed by atoms with E-state index in [4.69, 9.17) is 0 Å². The topological polar surface area (TPSA) is 28.2 Å². The first-order valence-corrected chi connectivity index (χ1v) is 8.49. The molecule has 0 aliphatic heterocycles. The molecule has 3 nitrogen and oxygen atoms in total. The van der Waals surface area contributed by atoms with Crippen LogP contribution in [0.2, 0.25) is 0 Å². The van der Waals surface area contributed by atoms with Crippen LogP contribution in [0.15, 0.2) is 35.7 Å². The smallest absolute Gasteiger partial charge is 0.126 e. The van der Waals surface area contributed by atoms with Crippen LogP contribution in [0, 0.1) is 0 Å². The van der Waals surface area contributed by atoms with Crippen molar-refractivity contribution in [2.24, 2.45) is 0 Å². The molecule has 2 aromatic rings. The molecule has 1 unspecified atom stereocenters. The first-order valence-electron chi connectivity index (χ1n) is 7.61. The fourth-order valence-electron chi connectivity index (χ4n) is 2.21. The zero-order valence-corrected chi connectivity index (χ0v) is 14.0. The Morgan fingerprint density at radius 1 is 1.29 bits per heavy atom. The third-order valence-electron chi connectivity index (χ3n) is 3.60. The Balaban J connectivity index is 1.90. The van der Waals surface area contributed by atoms with Gasteiger partial charge in [0.15, 0.2) is 0 Å². The molecule has 0 bridgehead atoms. The van der Waals surface area contributed by atoms with E-state index in [1.165, 1.54) is 4.88 Å². The van der Waals surface area contributed by atoms with Gasteiger partial charge < -0.3 is 5.32 Å². The predicted octanol–water partition coefficient (Wildman–Crippen LogP) is 4.03. The van der Waals surface area contributed by atoms with Gasteiger partial charge in [-0.3, -0.25) is 4.90 Å². The minimum Gasteiger partial charge on any atom is -0.370 e. The van der Waals surface area contributed by atoms with Crippen molar-refractivity contribution in [3.8, 4) is 0 Å². The van der Waals surface area contributed by atoms with Crippen molar-refractivity contribution in [1.82, 2.24) is 9.88 Å². The number of pyridine rings is 1. The van der Waals surface area contributed by atoms with Gasteiger partial charge in [0, 0.05) is 24.0 Å². The van der Waals surface area contributed by atoms with Crippen molar-refractivity contribution in [3.05, 3.63) is 46.3 Å². The Morgan fingerprint density at radius 2 is 2.14 bits per heavy atom. The second kappa shape index (κ2) is 8.15. The Labute approximate surface area is 132 Å². The molecule has 0 saturated heterocycles. The third-order valence-corrected chi connectivity index (χ3v) is 4.50. The Bertz CT molecular complexity index is 525. The van der Waals surface area contributed by atoms with Gasteiger partial charge in [-0.05, 0) is 50.4 Å². The fourth-order valence-corrected chi connectivity index (χ4v) is 3.03. The molecule has 21 heavy (non-hydrogen) atoms. The lowest BCUT2D eigenvalue weighted by molar-refractivity contribution is 0.246. The monoisotopic (exact) mass is 303 g/mol. The molecule has 0 amide bonds. The molecule has 2 heterocycles. The van der Waals surface area contributed by atoms with Crippen molar-refractivity contribution in [2.75, 3.05) is 18.9 Å². The summed E-state index contributed by atoms with van der Waals surface area (Å²) in [6.45, 7) is 6.30. The zero-order valence-electron chi connectivity index (χ0n) is 13.2. The van der Waals surface area contributed by atoms with Gasteiger partial charge in [0.25, 0.3) is 0 Å². The average molecular weight is 303 g/mol. The predicted molar refractivity (Wildman–Crippen MR) is 92.0 cm³/mol. The Hall–Kier alpha value is -1.39. The highest BCUT2D eigenvalue weighted by Gasteiger charge is 2.12. The molecule has 2 rings (SSSR count). The van der Waals surface area contributed by atoms with E-state index < -0.39 is 0 Å². The minimum atomic E-state index is 0.512. The average Bonchev–Trinajstić information content (AvgIpc) is 2.98. The number of rotatable bonds is 8. The van der Waals surface area contributed by atoms with E-state index in [-0.39, 0.29) is 0 Å². The summed E-state index contributed by atoms with van der Waals surface area (Å²) in [5.41, 5.74) is 1.12. The number of likely N-dealkylation sites (N-methyl/N-ethyl adjacent to an activating group) is 1. The molecule has 0 radical (unpaired) electrons. The number of hydrogen-bond acceptors (Lipinski definition) is 4. The zero-order chi connectivity index (χ0) is 15.1. The number of hydrogen-bond donors (Lipinski definition) is 1. The minimum absolute atomic E-state index is 0.512. The van der Waals surface area contributed by atoms with E-state index in [0.29, 0.717) is 6.04 Å². The lowest BCUT2D eigenvalue weighted by Crippen LogP contribution is -2.30. The quantitative estimate of drug-likeness (QED) is 0.798. The van der Waals surface area contributed by atoms with Crippen LogP contribution in [-0.4, -0.2) is 29.5 Å². The fraction of sp³-hybridized carbons (Fsp3) is 0.471. The molecule has 4 heteroatoms. The van der Waals surface area contributed by atoms with Gasteiger partial charge in [-0.2, -0.15) is 0 Å². The Kier molecular flexibility index (Phi) is 6.21. The second-order valence-electron chi connectivity index (χ2n) is 5.49. The van der Waals surface area contributed by atoms with E-state index >= 15 is 0 Å². The largest absolute Gasteiger partial charge is 0.370 e. The number of nitrogens with one attached hydrogen (secondary N) is 1. The van der Waals surface area contributed by atoms with Gasteiger partial charge in [-0.15, -0.1) is 11.3 Å². The number of thiophene rings is 1. The van der Waals surface area contributed by atoms with Crippen LogP contribution < -0.4 is 5.32 Å². The summed E-state index contributed by atoms with van der Waals surface area (Å²) in [4.78, 5) is 8.49. The second-order valence-corrected chi connectivity index (χ2v) is 6.52. The highest BCUT2D eigenvalue weighted by molar-refractivity contribution is 7.09. The maximum atomic E-state index is 4.68. The maximum Gasteiger partial charge on any atom is 0.126 e. The van der Waals surface area contributed by atoms with Gasteiger partial charge >= 0.3 is 0 Å². The third kappa shape index (κ3) is 5.14. The molecule has 0 aliphatic rings. The molecule has 1 N–H and O–H groups in total. The summed E-state index contributed by atoms with van der Waals surface area (Å²) in [6.07, 6.45) is 2.21. The van der Waals surface area contributed by atoms with Crippen molar-refractivity contribution in [1.29, 1.82) is 0 Å². The van der Waals surface area contributed by atoms with Gasteiger partial charge in [-0.1, -0.05) is 19.1 Å². The molecule has 1 atom stereocenters. The summed E-state index contributed by atoms with van der Waals surface area (Å²) in [5, 5.41) is 5.49. The van der Waals surface area contributed by atoms with Crippen LogP contribution in [-0.2, 0) is 13.0 Å². The van der Waals surface area contributed by atoms with Gasteiger partial charge in [0.05, 0.1) is 5.69 Å². The van der Waals surface area contributed by atoms with Gasteiger partial charge in [0.1, 0.15) is 5.82 Å². The van der Waals surface area contributed by atoms with E-state index in [0.717, 1.165) is 37.4 Å². The summed E-state index contributed by atoms with van der Waals surface area (Å²) >= 11 is 1.83. The van der Waals surface area contributed by atoms with E-state index in [9.17, 15) is 0 Å². The summed E-state index contributed by atoms with van der Waals surface area (Å²) in [6, 6.07) is 11.1. The summed E-state index contributed by atoms with van der Waals surface area (Å²) in [7, 11) is 2.17. The van der Waals surface area contributed by atoms with Crippen LogP contribution in [0.5, 0.6) is 0 Å². The van der Waals surface area contributed by atoms with E-state index in [2.05, 4.69) is 65.7 Å². The molecule has 0 aliphatic carbocycles. The lowest BCUT2D eigenvalue weighted by atomic mass is 10.2. The van der Waals surface area contributed by atoms with Gasteiger partial charge in [-0.25, -0.2) is 4.98 Å². The first-order chi connectivity index (χ1) is 10.2. The van der Waals surface area contributed by atoms with Crippen LogP contribution in [0.1, 0.15) is 30.8 Å². The highest BCUT2D eigenvalue weighted by atomic mass is 32.1.